The van der Waals surface area contributed by atoms with E-state index in [0.717, 1.165) is 11.3 Å². The summed E-state index contributed by atoms with van der Waals surface area (Å²) in [4.78, 5) is 12.4. The SMILES string of the molecule is Cc1ccc(NC(=O)[C@@H]2[C@H](C=C(Cl)Cl)C2(C)C)c(C)c1. The minimum absolute atomic E-state index is 0.0257. The van der Waals surface area contributed by atoms with Crippen LogP contribution in [0.5, 0.6) is 0 Å². The van der Waals surface area contributed by atoms with Crippen molar-refractivity contribution in [1.82, 2.24) is 0 Å². The smallest absolute Gasteiger partial charge is 0.228 e. The van der Waals surface area contributed by atoms with Crippen molar-refractivity contribution < 1.29 is 4.79 Å². The zero-order chi connectivity index (χ0) is 15.1. The number of benzene rings is 1. The van der Waals surface area contributed by atoms with Crippen LogP contribution < -0.4 is 5.32 Å². The Morgan fingerprint density at radius 3 is 2.50 bits per heavy atom. The van der Waals surface area contributed by atoms with Gasteiger partial charge in [0.25, 0.3) is 0 Å². The Morgan fingerprint density at radius 1 is 1.30 bits per heavy atom. The highest BCUT2D eigenvalue weighted by Gasteiger charge is 2.60. The van der Waals surface area contributed by atoms with E-state index < -0.39 is 0 Å². The molecule has 1 N–H and O–H groups in total. The zero-order valence-corrected chi connectivity index (χ0v) is 13.6. The third kappa shape index (κ3) is 3.02. The molecule has 0 heterocycles. The number of carbonyl (C=O) groups excluding carboxylic acids is 1. The van der Waals surface area contributed by atoms with Crippen molar-refractivity contribution in [2.75, 3.05) is 5.32 Å². The molecule has 20 heavy (non-hydrogen) atoms. The molecule has 2 atom stereocenters. The summed E-state index contributed by atoms with van der Waals surface area (Å²) >= 11 is 11.4. The van der Waals surface area contributed by atoms with Crippen LogP contribution in [0, 0.1) is 31.1 Å². The van der Waals surface area contributed by atoms with Gasteiger partial charge in [-0.3, -0.25) is 4.79 Å². The Bertz CT molecular complexity index is 574. The van der Waals surface area contributed by atoms with Crippen molar-refractivity contribution in [3.05, 3.63) is 39.9 Å². The van der Waals surface area contributed by atoms with Crippen LogP contribution in [0.2, 0.25) is 0 Å². The van der Waals surface area contributed by atoms with Crippen molar-refractivity contribution in [1.29, 1.82) is 0 Å². The molecule has 2 rings (SSSR count). The first-order chi connectivity index (χ1) is 9.23. The van der Waals surface area contributed by atoms with Gasteiger partial charge < -0.3 is 5.32 Å². The van der Waals surface area contributed by atoms with E-state index in [1.807, 2.05) is 26.0 Å². The second kappa shape index (κ2) is 5.42. The van der Waals surface area contributed by atoms with Crippen LogP contribution in [0.1, 0.15) is 25.0 Å². The van der Waals surface area contributed by atoms with E-state index in [-0.39, 0.29) is 27.6 Å². The monoisotopic (exact) mass is 311 g/mol. The highest BCUT2D eigenvalue weighted by Crippen LogP contribution is 2.60. The lowest BCUT2D eigenvalue weighted by molar-refractivity contribution is -0.118. The van der Waals surface area contributed by atoms with E-state index in [4.69, 9.17) is 23.2 Å². The molecule has 108 valence electrons. The van der Waals surface area contributed by atoms with Crippen molar-refractivity contribution >= 4 is 34.8 Å². The topological polar surface area (TPSA) is 29.1 Å². The molecule has 1 amide bonds. The average molecular weight is 312 g/mol. The number of hydrogen-bond acceptors (Lipinski definition) is 1. The number of halogens is 2. The van der Waals surface area contributed by atoms with Crippen LogP contribution in [0.4, 0.5) is 5.69 Å². The molecule has 0 aromatic heterocycles. The maximum atomic E-state index is 12.4. The molecular formula is C16H19Cl2NO. The number of aryl methyl sites for hydroxylation is 2. The number of rotatable bonds is 3. The third-order valence-corrected chi connectivity index (χ3v) is 4.39. The molecule has 0 saturated heterocycles. The Morgan fingerprint density at radius 2 is 1.95 bits per heavy atom. The van der Waals surface area contributed by atoms with Gasteiger partial charge in [-0.15, -0.1) is 0 Å². The molecule has 0 aliphatic heterocycles. The van der Waals surface area contributed by atoms with Crippen LogP contribution in [-0.2, 0) is 4.79 Å². The lowest BCUT2D eigenvalue weighted by Gasteiger charge is -2.09. The first-order valence-corrected chi connectivity index (χ1v) is 7.40. The van der Waals surface area contributed by atoms with Gasteiger partial charge in [0.15, 0.2) is 0 Å². The minimum Gasteiger partial charge on any atom is -0.326 e. The summed E-state index contributed by atoms with van der Waals surface area (Å²) in [5.41, 5.74) is 3.02. The quantitative estimate of drug-likeness (QED) is 0.850. The molecule has 1 aliphatic rings. The summed E-state index contributed by atoms with van der Waals surface area (Å²) in [5.74, 6) is 0.0340. The van der Waals surface area contributed by atoms with E-state index in [1.165, 1.54) is 5.56 Å². The van der Waals surface area contributed by atoms with Crippen molar-refractivity contribution in [3.63, 3.8) is 0 Å². The van der Waals surface area contributed by atoms with Gasteiger partial charge in [-0.2, -0.15) is 0 Å². The Balaban J connectivity index is 2.12. The Hall–Kier alpha value is -0.990. The number of anilines is 1. The highest BCUT2D eigenvalue weighted by molar-refractivity contribution is 6.55. The maximum absolute atomic E-state index is 12.4. The molecule has 0 spiro atoms. The van der Waals surface area contributed by atoms with Gasteiger partial charge in [0.05, 0.1) is 5.92 Å². The minimum atomic E-state index is -0.0995. The molecule has 0 unspecified atom stereocenters. The van der Waals surface area contributed by atoms with Crippen LogP contribution >= 0.6 is 23.2 Å². The lowest BCUT2D eigenvalue weighted by atomic mass is 10.1. The van der Waals surface area contributed by atoms with Crippen LogP contribution in [0.25, 0.3) is 0 Å². The number of amides is 1. The summed E-state index contributed by atoms with van der Waals surface area (Å²) in [6.07, 6.45) is 1.76. The molecule has 1 aromatic carbocycles. The lowest BCUT2D eigenvalue weighted by Crippen LogP contribution is -2.17. The van der Waals surface area contributed by atoms with Crippen LogP contribution in [-0.4, -0.2) is 5.91 Å². The maximum Gasteiger partial charge on any atom is 0.228 e. The molecule has 1 fully saturated rings. The van der Waals surface area contributed by atoms with E-state index in [2.05, 4.69) is 25.2 Å². The van der Waals surface area contributed by atoms with Gasteiger partial charge in [0.2, 0.25) is 5.91 Å². The molecule has 2 nitrogen and oxygen atoms in total. The molecule has 1 aliphatic carbocycles. The van der Waals surface area contributed by atoms with Gasteiger partial charge in [-0.25, -0.2) is 0 Å². The van der Waals surface area contributed by atoms with Crippen molar-refractivity contribution in [3.8, 4) is 0 Å². The van der Waals surface area contributed by atoms with Gasteiger partial charge in [-0.1, -0.05) is 54.7 Å². The van der Waals surface area contributed by atoms with Crippen LogP contribution in [0.15, 0.2) is 28.8 Å². The van der Waals surface area contributed by atoms with E-state index in [1.54, 1.807) is 6.08 Å². The normalized spacial score (nSPS) is 23.1. The summed E-state index contributed by atoms with van der Waals surface area (Å²) in [7, 11) is 0. The first kappa shape index (κ1) is 15.4. The van der Waals surface area contributed by atoms with Crippen molar-refractivity contribution in [2.45, 2.75) is 27.7 Å². The van der Waals surface area contributed by atoms with E-state index in [0.29, 0.717) is 0 Å². The second-order valence-electron chi connectivity index (χ2n) is 6.09. The van der Waals surface area contributed by atoms with Crippen molar-refractivity contribution in [2.24, 2.45) is 17.3 Å². The average Bonchev–Trinajstić information content (AvgIpc) is 2.83. The molecule has 1 saturated carbocycles. The highest BCUT2D eigenvalue weighted by atomic mass is 35.5. The molecule has 0 radical (unpaired) electrons. The fourth-order valence-corrected chi connectivity index (χ4v) is 3.06. The zero-order valence-electron chi connectivity index (χ0n) is 12.1. The fourth-order valence-electron chi connectivity index (χ4n) is 2.79. The third-order valence-electron chi connectivity index (χ3n) is 4.14. The number of allylic oxidation sites excluding steroid dienone is 1. The summed E-state index contributed by atoms with van der Waals surface area (Å²) in [6, 6.07) is 5.99. The van der Waals surface area contributed by atoms with E-state index in [9.17, 15) is 4.79 Å². The molecule has 4 heteroatoms. The van der Waals surface area contributed by atoms with Gasteiger partial charge in [0, 0.05) is 5.69 Å². The fraction of sp³-hybridized carbons (Fsp3) is 0.438. The Kier molecular flexibility index (Phi) is 4.17. The predicted octanol–water partition coefficient (Wildman–Crippen LogP) is 4.83. The number of carbonyl (C=O) groups is 1. The summed E-state index contributed by atoms with van der Waals surface area (Å²) in [5, 5.41) is 3.00. The first-order valence-electron chi connectivity index (χ1n) is 6.64. The van der Waals surface area contributed by atoms with Crippen LogP contribution in [0.3, 0.4) is 0 Å². The van der Waals surface area contributed by atoms with Gasteiger partial charge in [0.1, 0.15) is 4.49 Å². The molecule has 0 bridgehead atoms. The van der Waals surface area contributed by atoms with E-state index >= 15 is 0 Å². The summed E-state index contributed by atoms with van der Waals surface area (Å²) in [6.45, 7) is 8.13. The predicted molar refractivity (Wildman–Crippen MR) is 85.1 cm³/mol. The Labute approximate surface area is 130 Å². The summed E-state index contributed by atoms with van der Waals surface area (Å²) < 4.78 is 0.227. The number of hydrogen-bond donors (Lipinski definition) is 1. The number of nitrogens with one attached hydrogen (secondary N) is 1. The molecule has 1 aromatic rings. The van der Waals surface area contributed by atoms with Gasteiger partial charge >= 0.3 is 0 Å². The van der Waals surface area contributed by atoms with Gasteiger partial charge in [-0.05, 0) is 42.9 Å². The second-order valence-corrected chi connectivity index (χ2v) is 7.10. The standard InChI is InChI=1S/C16H19Cl2NO/c1-9-5-6-12(10(2)7-9)19-15(20)14-11(8-13(17)18)16(14,3)4/h5-8,11,14H,1-4H3,(H,19,20)/t11-,14-/m0/s1. The largest absolute Gasteiger partial charge is 0.326 e. The molecular weight excluding hydrogens is 293 g/mol.